The Bertz CT molecular complexity index is 2280. The van der Waals surface area contributed by atoms with E-state index in [1.54, 1.807) is 0 Å². The Morgan fingerprint density at radius 1 is 0.297 bits per heavy atom. The first-order valence-corrected chi connectivity index (χ1v) is 41.3. The van der Waals surface area contributed by atoms with Crippen LogP contribution >= 0.6 is 0 Å². The molecule has 0 aliphatic rings. The molecule has 0 aromatic rings. The number of hydrogen-bond donors (Lipinski definition) is 1. The van der Waals surface area contributed by atoms with Crippen molar-refractivity contribution in [3.63, 3.8) is 0 Å². The first-order valence-electron chi connectivity index (χ1n) is 41.3. The Balaban J connectivity index is 4.05. The highest BCUT2D eigenvalue weighted by Gasteiger charge is 2.25. The molecule has 2 atom stereocenters. The van der Waals surface area contributed by atoms with Crippen LogP contribution in [0.15, 0.2) is 170 Å². The molecule has 0 rings (SSSR count). The van der Waals surface area contributed by atoms with E-state index in [0.717, 1.165) is 135 Å². The van der Waals surface area contributed by atoms with Gasteiger partial charge in [-0.15, -0.1) is 0 Å². The maximum Gasteiger partial charge on any atom is 0.361 e. The zero-order valence-electron chi connectivity index (χ0n) is 65.8. The molecule has 0 radical (unpaired) electrons. The third-order valence-electron chi connectivity index (χ3n) is 17.5. The fraction of sp³-hybridized carbons (Fsp3) is 0.663. The smallest absolute Gasteiger partial charge is 0.361 e. The summed E-state index contributed by atoms with van der Waals surface area (Å²) >= 11 is 0. The zero-order valence-corrected chi connectivity index (χ0v) is 65.8. The Labute approximate surface area is 622 Å². The third kappa shape index (κ3) is 81.8. The fourth-order valence-corrected chi connectivity index (χ4v) is 11.3. The molecule has 0 saturated heterocycles. The van der Waals surface area contributed by atoms with Gasteiger partial charge < -0.3 is 28.5 Å². The molecule has 1 N–H and O–H groups in total. The van der Waals surface area contributed by atoms with Crippen LogP contribution in [0.25, 0.3) is 0 Å². The van der Waals surface area contributed by atoms with Gasteiger partial charge in [0.1, 0.15) is 13.2 Å². The topological polar surface area (TPSA) is 108 Å². The summed E-state index contributed by atoms with van der Waals surface area (Å²) in [4.78, 5) is 37.8. The van der Waals surface area contributed by atoms with E-state index < -0.39 is 24.3 Å². The molecule has 0 spiro atoms. The minimum Gasteiger partial charge on any atom is -0.477 e. The van der Waals surface area contributed by atoms with Crippen LogP contribution in [0.2, 0.25) is 0 Å². The summed E-state index contributed by atoms with van der Waals surface area (Å²) in [5.74, 6) is -2.00. The Morgan fingerprint density at radius 3 is 0.792 bits per heavy atom. The van der Waals surface area contributed by atoms with E-state index in [1.165, 1.54) is 167 Å². The quantitative estimate of drug-likeness (QED) is 0.0211. The van der Waals surface area contributed by atoms with Gasteiger partial charge in [-0.1, -0.05) is 364 Å². The monoisotopic (exact) mass is 1400 g/mol. The van der Waals surface area contributed by atoms with Crippen molar-refractivity contribution >= 4 is 17.9 Å². The van der Waals surface area contributed by atoms with E-state index in [9.17, 15) is 19.5 Å². The van der Waals surface area contributed by atoms with Crippen molar-refractivity contribution < 1.29 is 42.9 Å². The molecule has 0 amide bonds. The second-order valence-corrected chi connectivity index (χ2v) is 28.3. The van der Waals surface area contributed by atoms with Crippen LogP contribution in [0.5, 0.6) is 0 Å². The summed E-state index contributed by atoms with van der Waals surface area (Å²) in [6, 6.07) is 0. The van der Waals surface area contributed by atoms with Gasteiger partial charge in [-0.3, -0.25) is 9.59 Å². The largest absolute Gasteiger partial charge is 0.477 e. The van der Waals surface area contributed by atoms with Crippen molar-refractivity contribution in [1.29, 1.82) is 0 Å². The summed E-state index contributed by atoms with van der Waals surface area (Å²) in [6.07, 6.45) is 118. The average molecular weight is 1400 g/mol. The first-order chi connectivity index (χ1) is 49.6. The number of esters is 2. The summed E-state index contributed by atoms with van der Waals surface area (Å²) < 4.78 is 23.1. The number of ether oxygens (including phenoxy) is 4. The number of quaternary nitrogens is 1. The van der Waals surface area contributed by atoms with E-state index in [4.69, 9.17) is 18.9 Å². The predicted octanol–water partition coefficient (Wildman–Crippen LogP) is 26.9. The Hall–Kier alpha value is -5.35. The lowest BCUT2D eigenvalue weighted by atomic mass is 10.0. The van der Waals surface area contributed by atoms with Gasteiger partial charge in [-0.2, -0.15) is 0 Å². The molecule has 0 aromatic heterocycles. The van der Waals surface area contributed by atoms with Crippen LogP contribution < -0.4 is 0 Å². The van der Waals surface area contributed by atoms with Gasteiger partial charge in [0.05, 0.1) is 34.4 Å². The highest BCUT2D eigenvalue weighted by Crippen LogP contribution is 2.18. The maximum atomic E-state index is 13.0. The third-order valence-corrected chi connectivity index (χ3v) is 17.5. The number of carbonyl (C=O) groups is 3. The number of hydrogen-bond acceptors (Lipinski definition) is 7. The van der Waals surface area contributed by atoms with E-state index in [-0.39, 0.29) is 32.2 Å². The van der Waals surface area contributed by atoms with Crippen LogP contribution in [0, 0.1) is 0 Å². The summed E-state index contributed by atoms with van der Waals surface area (Å²) in [5, 5.41) is 9.78. The molecule has 9 nitrogen and oxygen atoms in total. The van der Waals surface area contributed by atoms with Crippen molar-refractivity contribution in [3.05, 3.63) is 170 Å². The van der Waals surface area contributed by atoms with Crippen LogP contribution in [0.4, 0.5) is 0 Å². The molecular formula is C92H154NO8+. The molecule has 0 aromatic carbocycles. The van der Waals surface area contributed by atoms with Gasteiger partial charge in [0.15, 0.2) is 6.10 Å². The molecule has 101 heavy (non-hydrogen) atoms. The lowest BCUT2D eigenvalue weighted by Gasteiger charge is -2.25. The molecule has 0 saturated carbocycles. The Kier molecular flexibility index (Phi) is 76.1. The number of likely N-dealkylation sites (N-methyl/N-ethyl adjacent to an activating group) is 1. The van der Waals surface area contributed by atoms with E-state index >= 15 is 0 Å². The number of aliphatic carboxylic acids is 1. The van der Waals surface area contributed by atoms with Crippen molar-refractivity contribution in [3.8, 4) is 0 Å². The fourth-order valence-electron chi connectivity index (χ4n) is 11.3. The maximum absolute atomic E-state index is 13.0. The van der Waals surface area contributed by atoms with Gasteiger partial charge in [0.2, 0.25) is 0 Å². The number of unbranched alkanes of at least 4 members (excludes halogenated alkanes) is 32. The second kappa shape index (κ2) is 80.3. The van der Waals surface area contributed by atoms with Crippen LogP contribution in [-0.4, -0.2) is 87.4 Å². The Morgan fingerprint density at radius 2 is 0.535 bits per heavy atom. The SMILES string of the molecule is CC/C=C\C/C=C\C/C=C\C/C=C\C/C=C\C/C=C\C/C=C\C/C=C\C/C=C\CCCCCCCCCCCCCC(=O)OC(COC(=O)CCCCCCCCCCCCCCCCCCCCCCC/C=C\C/C=C\C/C=C\C/C=C\C/C=C\CC)COC(OCC[N+](C)(C)C)C(=O)O. The van der Waals surface area contributed by atoms with Gasteiger partial charge in [0, 0.05) is 12.8 Å². The number of carboxylic acid groups (broad SMARTS) is 1. The van der Waals surface area contributed by atoms with E-state index in [2.05, 4.69) is 184 Å². The zero-order chi connectivity index (χ0) is 73.2. The summed E-state index contributed by atoms with van der Waals surface area (Å²) in [7, 11) is 5.98. The van der Waals surface area contributed by atoms with Crippen molar-refractivity contribution in [1.82, 2.24) is 0 Å². The van der Waals surface area contributed by atoms with Crippen molar-refractivity contribution in [2.24, 2.45) is 0 Å². The van der Waals surface area contributed by atoms with Crippen LogP contribution in [0.3, 0.4) is 0 Å². The number of allylic oxidation sites excluding steroid dienone is 28. The molecule has 9 heteroatoms. The molecular weight excluding hydrogens is 1250 g/mol. The van der Waals surface area contributed by atoms with Gasteiger partial charge in [-0.25, -0.2) is 4.79 Å². The predicted molar refractivity (Wildman–Crippen MR) is 437 cm³/mol. The molecule has 0 fully saturated rings. The molecule has 574 valence electrons. The standard InChI is InChI=1S/C92H153NO8/c1-6-8-10-12-14-16-18-20-22-24-26-28-30-32-34-36-38-40-42-44-45-47-49-51-53-55-57-59-61-63-65-67-69-71-73-75-77-79-81-83-90(95)101-88(87-100-92(91(96)97)98-85-84-93(3,4)5)86-99-89(94)82-80-78-76-74-72-70-68-66-64-62-60-58-56-54-52-50-48-46-43-41-39-37-35-33-31-29-27-25-23-21-19-17-15-13-11-9-7-2/h8-11,14-17,20-23,26-29,32-35,38,40,44-45,49,51,55,57,88,92H,6-7,12-13,18-19,24-25,30-31,36-37,39,41-43,46-48,50,52-54,56,58-87H2,1-5H3/p+1/b10-8-,11-9-,16-14-,17-15-,22-20-,23-21-,28-26-,29-27-,34-32-,35-33-,40-38-,45-44-,51-49-,57-55-. The van der Waals surface area contributed by atoms with Crippen LogP contribution in [-0.2, 0) is 33.3 Å². The molecule has 0 heterocycles. The van der Waals surface area contributed by atoms with Gasteiger partial charge in [-0.05, 0) is 128 Å². The van der Waals surface area contributed by atoms with E-state index in [0.29, 0.717) is 23.9 Å². The molecule has 0 aliphatic carbocycles. The minimum atomic E-state index is -1.52. The minimum absolute atomic E-state index is 0.182. The van der Waals surface area contributed by atoms with Crippen LogP contribution in [0.1, 0.15) is 335 Å². The molecule has 0 aliphatic heterocycles. The van der Waals surface area contributed by atoms with Crippen molar-refractivity contribution in [2.75, 3.05) is 47.5 Å². The number of rotatable bonds is 75. The second-order valence-electron chi connectivity index (χ2n) is 28.3. The number of carbonyl (C=O) groups excluding carboxylic acids is 2. The lowest BCUT2D eigenvalue weighted by molar-refractivity contribution is -0.870. The number of nitrogens with zero attached hydrogens (tertiary/aromatic N) is 1. The lowest BCUT2D eigenvalue weighted by Crippen LogP contribution is -2.40. The first kappa shape index (κ1) is 95.6. The highest BCUT2D eigenvalue weighted by atomic mass is 16.7. The van der Waals surface area contributed by atoms with Gasteiger partial charge >= 0.3 is 17.9 Å². The summed E-state index contributed by atoms with van der Waals surface area (Å²) in [5.41, 5.74) is 0. The highest BCUT2D eigenvalue weighted by molar-refractivity contribution is 5.71. The normalized spacial score (nSPS) is 13.6. The molecule has 2 unspecified atom stereocenters. The van der Waals surface area contributed by atoms with Gasteiger partial charge in [0.25, 0.3) is 6.29 Å². The average Bonchev–Trinajstić information content (AvgIpc) is 1.21. The van der Waals surface area contributed by atoms with E-state index in [1.807, 2.05) is 21.1 Å². The molecule has 0 bridgehead atoms. The summed E-state index contributed by atoms with van der Waals surface area (Å²) in [6.45, 7) is 4.66. The van der Waals surface area contributed by atoms with Crippen molar-refractivity contribution in [2.45, 2.75) is 347 Å². The number of carboxylic acids is 1.